The third-order valence-electron chi connectivity index (χ3n) is 3.00. The molecule has 2 aromatic heterocycles. The second kappa shape index (κ2) is 5.87. The molecule has 3 N–H and O–H groups in total. The van der Waals surface area contributed by atoms with E-state index in [1.165, 1.54) is 4.68 Å². The van der Waals surface area contributed by atoms with Crippen LogP contribution in [0.4, 0.5) is 10.6 Å². The zero-order chi connectivity index (χ0) is 15.5. The van der Waals surface area contributed by atoms with Crippen molar-refractivity contribution in [3.05, 3.63) is 59.9 Å². The molecule has 0 saturated carbocycles. The average molecular weight is 314 g/mol. The molecule has 0 bridgehead atoms. The number of nitrogens with zero attached hydrogens (tertiary/aromatic N) is 3. The van der Waals surface area contributed by atoms with Gasteiger partial charge in [-0.1, -0.05) is 29.8 Å². The number of benzene rings is 1. The summed E-state index contributed by atoms with van der Waals surface area (Å²) >= 11 is 6.38. The SMILES string of the molecule is NC(=O)Nc1c(Cl)c(-c2cccnc2)nn1-c1ccccc1. The van der Waals surface area contributed by atoms with Crippen molar-refractivity contribution in [2.75, 3.05) is 5.32 Å². The van der Waals surface area contributed by atoms with Crippen molar-refractivity contribution in [3.63, 3.8) is 0 Å². The van der Waals surface area contributed by atoms with Crippen molar-refractivity contribution in [3.8, 4) is 16.9 Å². The molecule has 0 atom stereocenters. The van der Waals surface area contributed by atoms with Crippen LogP contribution in [0.1, 0.15) is 0 Å². The van der Waals surface area contributed by atoms with E-state index in [2.05, 4.69) is 15.4 Å². The number of rotatable bonds is 3. The number of anilines is 1. The lowest BCUT2D eigenvalue weighted by atomic mass is 10.2. The summed E-state index contributed by atoms with van der Waals surface area (Å²) in [6, 6.07) is 12.2. The van der Waals surface area contributed by atoms with E-state index in [0.29, 0.717) is 16.5 Å². The van der Waals surface area contributed by atoms with Gasteiger partial charge in [0.15, 0.2) is 5.82 Å². The van der Waals surface area contributed by atoms with E-state index in [9.17, 15) is 4.79 Å². The van der Waals surface area contributed by atoms with Crippen LogP contribution < -0.4 is 11.1 Å². The molecule has 0 unspecified atom stereocenters. The van der Waals surface area contributed by atoms with Gasteiger partial charge >= 0.3 is 6.03 Å². The second-order valence-electron chi connectivity index (χ2n) is 4.49. The molecule has 22 heavy (non-hydrogen) atoms. The number of amides is 2. The van der Waals surface area contributed by atoms with Crippen LogP contribution in [0.5, 0.6) is 0 Å². The number of primary amides is 1. The van der Waals surface area contributed by atoms with E-state index in [4.69, 9.17) is 17.3 Å². The maximum Gasteiger partial charge on any atom is 0.317 e. The summed E-state index contributed by atoms with van der Waals surface area (Å²) in [6.45, 7) is 0. The topological polar surface area (TPSA) is 85.8 Å². The lowest BCUT2D eigenvalue weighted by molar-refractivity contribution is 0.259. The molecule has 7 heteroatoms. The molecule has 6 nitrogen and oxygen atoms in total. The Morgan fingerprint density at radius 1 is 1.18 bits per heavy atom. The molecule has 3 rings (SSSR count). The highest BCUT2D eigenvalue weighted by atomic mass is 35.5. The van der Waals surface area contributed by atoms with Gasteiger partial charge < -0.3 is 5.73 Å². The normalized spacial score (nSPS) is 10.4. The molecular formula is C15H12ClN5O. The van der Waals surface area contributed by atoms with E-state index < -0.39 is 6.03 Å². The molecule has 0 aliphatic heterocycles. The number of carbonyl (C=O) groups is 1. The Balaban J connectivity index is 2.19. The minimum Gasteiger partial charge on any atom is -0.351 e. The molecule has 110 valence electrons. The Morgan fingerprint density at radius 3 is 2.59 bits per heavy atom. The van der Waals surface area contributed by atoms with E-state index in [1.807, 2.05) is 36.4 Å². The number of para-hydroxylation sites is 1. The smallest absolute Gasteiger partial charge is 0.317 e. The molecule has 1 aromatic carbocycles. The number of carbonyl (C=O) groups excluding carboxylic acids is 1. The maximum atomic E-state index is 11.2. The summed E-state index contributed by atoms with van der Waals surface area (Å²) in [7, 11) is 0. The van der Waals surface area contributed by atoms with Crippen LogP contribution in [0.15, 0.2) is 54.9 Å². The predicted octanol–water partition coefficient (Wildman–Crippen LogP) is 3.08. The Morgan fingerprint density at radius 2 is 1.95 bits per heavy atom. The highest BCUT2D eigenvalue weighted by Gasteiger charge is 2.19. The Kier molecular flexibility index (Phi) is 3.76. The molecule has 2 amide bonds. The zero-order valence-electron chi connectivity index (χ0n) is 11.4. The fourth-order valence-corrected chi connectivity index (χ4v) is 2.34. The van der Waals surface area contributed by atoms with Crippen molar-refractivity contribution < 1.29 is 4.79 Å². The number of aromatic nitrogens is 3. The molecule has 0 radical (unpaired) electrons. The van der Waals surface area contributed by atoms with E-state index in [-0.39, 0.29) is 0 Å². The molecule has 0 saturated heterocycles. The molecule has 3 aromatic rings. The predicted molar refractivity (Wildman–Crippen MR) is 85.0 cm³/mol. The number of nitrogens with two attached hydrogens (primary N) is 1. The molecule has 0 fully saturated rings. The maximum absolute atomic E-state index is 11.2. The third kappa shape index (κ3) is 2.64. The minimum atomic E-state index is -0.711. The molecule has 2 heterocycles. The standard InChI is InChI=1S/C15H12ClN5O/c16-12-13(10-5-4-8-18-9-10)20-21(14(12)19-15(17)22)11-6-2-1-3-7-11/h1-9H,(H3,17,19,22). The highest BCUT2D eigenvalue weighted by Crippen LogP contribution is 2.34. The van der Waals surface area contributed by atoms with Gasteiger partial charge in [-0.2, -0.15) is 5.10 Å². The van der Waals surface area contributed by atoms with Crippen LogP contribution >= 0.6 is 11.6 Å². The Hall–Kier alpha value is -2.86. The van der Waals surface area contributed by atoms with E-state index in [0.717, 1.165) is 11.3 Å². The summed E-state index contributed by atoms with van der Waals surface area (Å²) in [4.78, 5) is 15.3. The van der Waals surface area contributed by atoms with Crippen molar-refractivity contribution >= 4 is 23.4 Å². The van der Waals surface area contributed by atoms with Gasteiger partial charge in [0.2, 0.25) is 0 Å². The fraction of sp³-hybridized carbons (Fsp3) is 0. The van der Waals surface area contributed by atoms with Crippen LogP contribution in [0, 0.1) is 0 Å². The summed E-state index contributed by atoms with van der Waals surface area (Å²) in [5, 5.41) is 7.30. The van der Waals surface area contributed by atoms with Crippen LogP contribution in [-0.4, -0.2) is 20.8 Å². The largest absolute Gasteiger partial charge is 0.351 e. The average Bonchev–Trinajstić information content (AvgIpc) is 2.86. The summed E-state index contributed by atoms with van der Waals surface area (Å²) in [5.74, 6) is 0.319. The van der Waals surface area contributed by atoms with Crippen molar-refractivity contribution in [2.45, 2.75) is 0 Å². The van der Waals surface area contributed by atoms with Crippen molar-refractivity contribution in [2.24, 2.45) is 5.73 Å². The van der Waals surface area contributed by atoms with Gasteiger partial charge in [-0.3, -0.25) is 10.3 Å². The first-order valence-electron chi connectivity index (χ1n) is 6.47. The quantitative estimate of drug-likeness (QED) is 0.779. The van der Waals surface area contributed by atoms with Crippen LogP contribution in [0.3, 0.4) is 0 Å². The van der Waals surface area contributed by atoms with Gasteiger partial charge in [-0.15, -0.1) is 0 Å². The van der Waals surface area contributed by atoms with Gasteiger partial charge in [-0.25, -0.2) is 9.48 Å². The van der Waals surface area contributed by atoms with Gasteiger partial charge in [0.1, 0.15) is 10.7 Å². The first kappa shape index (κ1) is 14.1. The summed E-state index contributed by atoms with van der Waals surface area (Å²) in [6.07, 6.45) is 3.31. The van der Waals surface area contributed by atoms with Gasteiger partial charge in [0.05, 0.1) is 5.69 Å². The first-order chi connectivity index (χ1) is 10.7. The van der Waals surface area contributed by atoms with E-state index in [1.54, 1.807) is 18.5 Å². The minimum absolute atomic E-state index is 0.302. The lowest BCUT2D eigenvalue weighted by Gasteiger charge is -2.07. The number of halogens is 1. The third-order valence-corrected chi connectivity index (χ3v) is 3.36. The molecule has 0 spiro atoms. The zero-order valence-corrected chi connectivity index (χ0v) is 12.2. The van der Waals surface area contributed by atoms with Crippen molar-refractivity contribution in [1.82, 2.24) is 14.8 Å². The van der Waals surface area contributed by atoms with E-state index >= 15 is 0 Å². The van der Waals surface area contributed by atoms with Gasteiger partial charge in [-0.05, 0) is 24.3 Å². The number of urea groups is 1. The molecule has 0 aliphatic carbocycles. The first-order valence-corrected chi connectivity index (χ1v) is 6.85. The van der Waals surface area contributed by atoms with Crippen molar-refractivity contribution in [1.29, 1.82) is 0 Å². The number of nitrogens with one attached hydrogen (secondary N) is 1. The summed E-state index contributed by atoms with van der Waals surface area (Å²) < 4.78 is 1.54. The number of hydrogen-bond donors (Lipinski definition) is 2. The number of pyridine rings is 1. The Labute approximate surface area is 131 Å². The van der Waals surface area contributed by atoms with Gasteiger partial charge in [0.25, 0.3) is 0 Å². The Bertz CT molecular complexity index is 802. The van der Waals surface area contributed by atoms with Crippen LogP contribution in [0.2, 0.25) is 5.02 Å². The summed E-state index contributed by atoms with van der Waals surface area (Å²) in [5.41, 5.74) is 7.24. The fourth-order valence-electron chi connectivity index (χ4n) is 2.07. The number of hydrogen-bond acceptors (Lipinski definition) is 3. The monoisotopic (exact) mass is 313 g/mol. The molecule has 0 aliphatic rings. The molecular weight excluding hydrogens is 302 g/mol. The van der Waals surface area contributed by atoms with Gasteiger partial charge in [0, 0.05) is 18.0 Å². The lowest BCUT2D eigenvalue weighted by Crippen LogP contribution is -2.21. The van der Waals surface area contributed by atoms with Crippen LogP contribution in [-0.2, 0) is 0 Å². The van der Waals surface area contributed by atoms with Crippen LogP contribution in [0.25, 0.3) is 16.9 Å². The second-order valence-corrected chi connectivity index (χ2v) is 4.87. The highest BCUT2D eigenvalue weighted by molar-refractivity contribution is 6.36.